The van der Waals surface area contributed by atoms with Crippen molar-refractivity contribution in [1.29, 1.82) is 0 Å². The van der Waals surface area contributed by atoms with Crippen molar-refractivity contribution in [2.75, 3.05) is 36.9 Å². The van der Waals surface area contributed by atoms with Gasteiger partial charge in [0, 0.05) is 19.3 Å². The number of hydrogen-bond donors (Lipinski definition) is 2. The molecule has 0 atom stereocenters. The van der Waals surface area contributed by atoms with Crippen LogP contribution in [0.25, 0.3) is 0 Å². The highest BCUT2D eigenvalue weighted by Gasteiger charge is 2.23. The molecule has 1 saturated carbocycles. The van der Waals surface area contributed by atoms with Gasteiger partial charge in [0.1, 0.15) is 11.4 Å². The van der Waals surface area contributed by atoms with Gasteiger partial charge >= 0.3 is 0 Å². The first-order valence-corrected chi connectivity index (χ1v) is 8.99. The van der Waals surface area contributed by atoms with E-state index in [4.69, 9.17) is 10.5 Å². The van der Waals surface area contributed by atoms with Crippen LogP contribution in [0.5, 0.6) is 0 Å². The number of nitrogens with two attached hydrogens (primary N) is 1. The molecule has 1 aromatic carbocycles. The molecule has 136 valence electrons. The lowest BCUT2D eigenvalue weighted by Gasteiger charge is -2.27. The Morgan fingerprint density at radius 1 is 1.35 bits per heavy atom. The van der Waals surface area contributed by atoms with E-state index in [2.05, 4.69) is 27.1 Å². The molecule has 2 aliphatic rings. The predicted molar refractivity (Wildman–Crippen MR) is 103 cm³/mol. The van der Waals surface area contributed by atoms with Crippen LogP contribution in [-0.4, -0.2) is 42.5 Å². The lowest BCUT2D eigenvalue weighted by atomic mass is 10.1. The molecule has 0 amide bonds. The number of benzene rings is 1. The molecule has 1 aliphatic carbocycles. The highest BCUT2D eigenvalue weighted by Crippen LogP contribution is 2.41. The molecule has 0 spiro atoms. The molecule has 1 saturated heterocycles. The second kappa shape index (κ2) is 6.92. The van der Waals surface area contributed by atoms with Gasteiger partial charge in [-0.25, -0.2) is 0 Å². The molecule has 2 heterocycles. The largest absolute Gasteiger partial charge is 0.383 e. The predicted octanol–water partition coefficient (Wildman–Crippen LogP) is 2.13. The number of H-pyrrole nitrogens is 1. The molecule has 0 unspecified atom stereocenters. The fourth-order valence-corrected chi connectivity index (χ4v) is 3.17. The lowest BCUT2D eigenvalue weighted by Crippen LogP contribution is -2.38. The van der Waals surface area contributed by atoms with Gasteiger partial charge in [-0.3, -0.25) is 14.8 Å². The van der Waals surface area contributed by atoms with Crippen molar-refractivity contribution < 1.29 is 4.74 Å². The van der Waals surface area contributed by atoms with Crippen molar-refractivity contribution >= 4 is 23.7 Å². The Hall–Kier alpha value is -2.67. The van der Waals surface area contributed by atoms with Crippen LogP contribution in [0.4, 0.5) is 17.5 Å². The van der Waals surface area contributed by atoms with Crippen molar-refractivity contribution in [2.45, 2.75) is 25.7 Å². The number of nitrogen functional groups attached to an aromatic ring is 1. The zero-order valence-electron chi connectivity index (χ0n) is 14.9. The highest BCUT2D eigenvalue weighted by molar-refractivity contribution is 5.87. The Kier molecular flexibility index (Phi) is 4.46. The van der Waals surface area contributed by atoms with E-state index in [9.17, 15) is 4.79 Å². The van der Waals surface area contributed by atoms with Gasteiger partial charge in [0.2, 0.25) is 5.95 Å². The Balaban J connectivity index is 1.57. The minimum Gasteiger partial charge on any atom is -0.383 e. The quantitative estimate of drug-likeness (QED) is 0.821. The fraction of sp³-hybridized carbons (Fsp3) is 0.421. The lowest BCUT2D eigenvalue weighted by molar-refractivity contribution is 0.122. The molecule has 0 radical (unpaired) electrons. The third-order valence-electron chi connectivity index (χ3n) is 4.89. The summed E-state index contributed by atoms with van der Waals surface area (Å²) >= 11 is 0. The molecule has 3 N–H and O–H groups in total. The van der Waals surface area contributed by atoms with Crippen molar-refractivity contribution in [3.8, 4) is 0 Å². The summed E-state index contributed by atoms with van der Waals surface area (Å²) in [5.41, 5.74) is 9.33. The number of rotatable bonds is 4. The van der Waals surface area contributed by atoms with E-state index in [0.717, 1.165) is 11.3 Å². The summed E-state index contributed by atoms with van der Waals surface area (Å²) in [6.07, 6.45) is 4.05. The summed E-state index contributed by atoms with van der Waals surface area (Å²) < 4.78 is 5.32. The van der Waals surface area contributed by atoms with E-state index in [0.29, 0.717) is 38.2 Å². The van der Waals surface area contributed by atoms with Gasteiger partial charge in [0.05, 0.1) is 18.9 Å². The van der Waals surface area contributed by atoms with Crippen LogP contribution < -0.4 is 16.2 Å². The number of aromatic nitrogens is 2. The van der Waals surface area contributed by atoms with Crippen LogP contribution in [0, 0.1) is 6.92 Å². The van der Waals surface area contributed by atoms with E-state index in [1.165, 1.54) is 24.6 Å². The number of aryl methyl sites for hydroxylation is 1. The topological polar surface area (TPSA) is 96.6 Å². The maximum absolute atomic E-state index is 12.4. The normalized spacial score (nSPS) is 17.8. The molecule has 7 heteroatoms. The van der Waals surface area contributed by atoms with Crippen LogP contribution in [0.2, 0.25) is 0 Å². The molecule has 1 aromatic heterocycles. The number of hydrogen-bond acceptors (Lipinski definition) is 6. The molecular formula is C19H23N5O2. The summed E-state index contributed by atoms with van der Waals surface area (Å²) in [6.45, 7) is 4.63. The van der Waals surface area contributed by atoms with Gasteiger partial charge in [-0.05, 0) is 42.9 Å². The van der Waals surface area contributed by atoms with Crippen LogP contribution in [-0.2, 0) is 4.74 Å². The van der Waals surface area contributed by atoms with Crippen LogP contribution >= 0.6 is 0 Å². The third-order valence-corrected chi connectivity index (χ3v) is 4.89. The van der Waals surface area contributed by atoms with Crippen molar-refractivity contribution in [3.05, 3.63) is 45.2 Å². The number of nitrogens with zero attached hydrogens (tertiary/aromatic N) is 3. The summed E-state index contributed by atoms with van der Waals surface area (Å²) in [5.74, 6) is 1.38. The monoisotopic (exact) mass is 353 g/mol. The van der Waals surface area contributed by atoms with Gasteiger partial charge in [-0.1, -0.05) is 12.1 Å². The van der Waals surface area contributed by atoms with E-state index in [1.807, 2.05) is 17.9 Å². The summed E-state index contributed by atoms with van der Waals surface area (Å²) in [5, 5.41) is 0. The maximum atomic E-state index is 12.4. The van der Waals surface area contributed by atoms with Crippen molar-refractivity contribution in [3.63, 3.8) is 0 Å². The highest BCUT2D eigenvalue weighted by atomic mass is 16.5. The third kappa shape index (κ3) is 3.48. The second-order valence-electron chi connectivity index (χ2n) is 6.87. The van der Waals surface area contributed by atoms with E-state index < -0.39 is 0 Å². The van der Waals surface area contributed by atoms with E-state index in [-0.39, 0.29) is 16.9 Å². The Bertz CT molecular complexity index is 895. The molecule has 0 bridgehead atoms. The fourth-order valence-electron chi connectivity index (χ4n) is 3.17. The molecular weight excluding hydrogens is 330 g/mol. The van der Waals surface area contributed by atoms with E-state index >= 15 is 0 Å². The number of ether oxygens (including phenoxy) is 1. The van der Waals surface area contributed by atoms with Gasteiger partial charge in [-0.2, -0.15) is 4.98 Å². The van der Waals surface area contributed by atoms with Gasteiger partial charge < -0.3 is 15.4 Å². The zero-order chi connectivity index (χ0) is 18.1. The Labute approximate surface area is 151 Å². The van der Waals surface area contributed by atoms with Gasteiger partial charge in [-0.15, -0.1) is 0 Å². The van der Waals surface area contributed by atoms with Crippen LogP contribution in [0.1, 0.15) is 35.4 Å². The van der Waals surface area contributed by atoms with Crippen LogP contribution in [0.3, 0.4) is 0 Å². The number of aromatic amines is 1. The standard InChI is InChI=1S/C19H23N5O2/c1-12-10-14(13-2-3-13)4-5-16(12)21-11-15-17(20)22-19(23-18(15)25)24-6-8-26-9-7-24/h4-5,10-11,13H,2-3,6-9H2,1H3,(H3,20,22,23,25). The number of nitrogens with one attached hydrogen (secondary N) is 1. The smallest absolute Gasteiger partial charge is 0.263 e. The zero-order valence-corrected chi connectivity index (χ0v) is 14.9. The number of aliphatic imine (C=N–C) groups is 1. The molecule has 2 aromatic rings. The van der Waals surface area contributed by atoms with Crippen molar-refractivity contribution in [1.82, 2.24) is 9.97 Å². The van der Waals surface area contributed by atoms with Gasteiger partial charge in [0.25, 0.3) is 5.56 Å². The summed E-state index contributed by atoms with van der Waals surface area (Å²) in [7, 11) is 0. The van der Waals surface area contributed by atoms with Crippen molar-refractivity contribution in [2.24, 2.45) is 4.99 Å². The molecule has 2 fully saturated rings. The minimum atomic E-state index is -0.282. The first-order valence-electron chi connectivity index (χ1n) is 8.99. The summed E-state index contributed by atoms with van der Waals surface area (Å²) in [4.78, 5) is 26.0. The molecule has 1 aliphatic heterocycles. The average Bonchev–Trinajstić information content (AvgIpc) is 3.48. The minimum absolute atomic E-state index is 0.186. The first-order chi connectivity index (χ1) is 12.6. The van der Waals surface area contributed by atoms with Crippen LogP contribution in [0.15, 0.2) is 28.0 Å². The molecule has 26 heavy (non-hydrogen) atoms. The van der Waals surface area contributed by atoms with E-state index in [1.54, 1.807) is 0 Å². The number of morpholine rings is 1. The molecule has 4 rings (SSSR count). The SMILES string of the molecule is Cc1cc(C2CC2)ccc1N=Cc1c(N)nc(N2CCOCC2)[nH]c1=O. The molecule has 7 nitrogen and oxygen atoms in total. The second-order valence-corrected chi connectivity index (χ2v) is 6.87. The summed E-state index contributed by atoms with van der Waals surface area (Å²) in [6, 6.07) is 6.29. The number of anilines is 2. The van der Waals surface area contributed by atoms with Gasteiger partial charge in [0.15, 0.2) is 0 Å². The first kappa shape index (κ1) is 16.8. The Morgan fingerprint density at radius 3 is 2.77 bits per heavy atom. The maximum Gasteiger partial charge on any atom is 0.263 e. The Morgan fingerprint density at radius 2 is 2.12 bits per heavy atom. The average molecular weight is 353 g/mol.